The molecule has 1 heterocycles. The van der Waals surface area contributed by atoms with Crippen molar-refractivity contribution in [1.82, 2.24) is 15.4 Å². The van der Waals surface area contributed by atoms with Gasteiger partial charge < -0.3 is 24.5 Å². The molecule has 0 aliphatic carbocycles. The minimum atomic E-state index is -0.878. The number of benzene rings is 1. The molecule has 0 saturated carbocycles. The summed E-state index contributed by atoms with van der Waals surface area (Å²) in [7, 11) is 2.48. The molecule has 1 aromatic heterocycles. The summed E-state index contributed by atoms with van der Waals surface area (Å²) in [5.41, 5.74) is 10.2. The Balaban J connectivity index is 2.78. The molecule has 0 spiro atoms. The number of nitrogen functional groups attached to an aromatic ring is 1. The van der Waals surface area contributed by atoms with Crippen LogP contribution < -0.4 is 21.3 Å². The SMILES string of the molecule is CCOC(=O)NNC(=O)c1c(C)c(Cl)cc(OC)c1-n1cc(C#N)c(N)c1C(=O)OC. The number of carbonyl (C=O) groups excluding carboxylic acids is 3. The van der Waals surface area contributed by atoms with Crippen molar-refractivity contribution in [2.24, 2.45) is 0 Å². The van der Waals surface area contributed by atoms with E-state index in [1.165, 1.54) is 23.9 Å². The maximum atomic E-state index is 13.0. The van der Waals surface area contributed by atoms with Gasteiger partial charge in [-0.15, -0.1) is 0 Å². The number of nitrogens with zero attached hydrogens (tertiary/aromatic N) is 2. The highest BCUT2D eigenvalue weighted by Crippen LogP contribution is 2.37. The van der Waals surface area contributed by atoms with Crippen molar-refractivity contribution >= 4 is 35.3 Å². The van der Waals surface area contributed by atoms with Gasteiger partial charge >= 0.3 is 12.1 Å². The number of nitrogens with two attached hydrogens (primary N) is 1. The summed E-state index contributed by atoms with van der Waals surface area (Å²) in [6.45, 7) is 3.25. The Labute approximate surface area is 182 Å². The average Bonchev–Trinajstić information content (AvgIpc) is 3.08. The zero-order chi connectivity index (χ0) is 23.3. The van der Waals surface area contributed by atoms with Crippen LogP contribution in [0.1, 0.15) is 38.9 Å². The zero-order valence-electron chi connectivity index (χ0n) is 17.2. The summed E-state index contributed by atoms with van der Waals surface area (Å²) in [4.78, 5) is 36.9. The standard InChI is InChI=1S/C19H20ClN5O6/c1-5-31-19(28)24-23-17(26)13-9(2)11(20)6-12(29-3)15(13)25-8-10(7-21)14(22)16(25)18(27)30-4/h6,8H,5,22H2,1-4H3,(H,23,26)(H,24,28). The van der Waals surface area contributed by atoms with Gasteiger partial charge in [0.1, 0.15) is 17.5 Å². The highest BCUT2D eigenvalue weighted by Gasteiger charge is 2.29. The van der Waals surface area contributed by atoms with Crippen LogP contribution in [-0.2, 0) is 9.47 Å². The van der Waals surface area contributed by atoms with E-state index in [1.807, 2.05) is 6.07 Å². The third-order valence-electron chi connectivity index (χ3n) is 4.25. The van der Waals surface area contributed by atoms with Crippen LogP contribution in [0.5, 0.6) is 5.75 Å². The Morgan fingerprint density at radius 3 is 2.52 bits per heavy atom. The molecule has 1 aromatic carbocycles. The molecule has 0 radical (unpaired) electrons. The maximum absolute atomic E-state index is 13.0. The number of anilines is 1. The monoisotopic (exact) mass is 449 g/mol. The second kappa shape index (κ2) is 9.73. The third kappa shape index (κ3) is 4.49. The van der Waals surface area contributed by atoms with E-state index in [0.717, 1.165) is 7.11 Å². The molecule has 0 aliphatic rings. The van der Waals surface area contributed by atoms with Gasteiger partial charge in [-0.25, -0.2) is 15.0 Å². The zero-order valence-corrected chi connectivity index (χ0v) is 17.9. The van der Waals surface area contributed by atoms with Crippen LogP contribution in [0.3, 0.4) is 0 Å². The van der Waals surface area contributed by atoms with E-state index in [9.17, 15) is 19.6 Å². The fourth-order valence-corrected chi connectivity index (χ4v) is 3.01. The molecule has 4 N–H and O–H groups in total. The van der Waals surface area contributed by atoms with Crippen LogP contribution in [0.15, 0.2) is 12.3 Å². The number of ether oxygens (including phenoxy) is 3. The van der Waals surface area contributed by atoms with Crippen molar-refractivity contribution in [2.45, 2.75) is 13.8 Å². The first-order valence-electron chi connectivity index (χ1n) is 8.81. The Morgan fingerprint density at radius 2 is 1.97 bits per heavy atom. The molecule has 2 aromatic rings. The fraction of sp³-hybridized carbons (Fsp3) is 0.263. The van der Waals surface area contributed by atoms with Gasteiger partial charge in [-0.2, -0.15) is 5.26 Å². The predicted molar refractivity (Wildman–Crippen MR) is 110 cm³/mol. The lowest BCUT2D eigenvalue weighted by atomic mass is 10.0. The molecule has 0 atom stereocenters. The number of hydrogen-bond donors (Lipinski definition) is 3. The van der Waals surface area contributed by atoms with Crippen LogP contribution in [0.25, 0.3) is 5.69 Å². The summed E-state index contributed by atoms with van der Waals surface area (Å²) in [6.07, 6.45) is 0.388. The Morgan fingerprint density at radius 1 is 1.29 bits per heavy atom. The first kappa shape index (κ1) is 23.4. The lowest BCUT2D eigenvalue weighted by Crippen LogP contribution is -2.42. The number of nitrogens with one attached hydrogen (secondary N) is 2. The molecule has 0 aliphatic heterocycles. The van der Waals surface area contributed by atoms with E-state index in [1.54, 1.807) is 13.8 Å². The molecule has 11 nitrogen and oxygen atoms in total. The van der Waals surface area contributed by atoms with E-state index >= 15 is 0 Å². The predicted octanol–water partition coefficient (Wildman–Crippen LogP) is 2.08. The molecule has 0 fully saturated rings. The molecule has 164 valence electrons. The number of nitriles is 1. The number of esters is 1. The van der Waals surface area contributed by atoms with Crippen molar-refractivity contribution in [1.29, 1.82) is 5.26 Å². The smallest absolute Gasteiger partial charge is 0.426 e. The van der Waals surface area contributed by atoms with Crippen molar-refractivity contribution in [3.63, 3.8) is 0 Å². The van der Waals surface area contributed by atoms with Crippen LogP contribution in [0, 0.1) is 18.3 Å². The van der Waals surface area contributed by atoms with Gasteiger partial charge in [0, 0.05) is 17.3 Å². The number of methoxy groups -OCH3 is 2. The summed E-state index contributed by atoms with van der Waals surface area (Å²) >= 11 is 6.26. The molecular formula is C19H20ClN5O6. The van der Waals surface area contributed by atoms with Crippen molar-refractivity contribution < 1.29 is 28.6 Å². The molecular weight excluding hydrogens is 430 g/mol. The van der Waals surface area contributed by atoms with Crippen LogP contribution in [0.2, 0.25) is 5.02 Å². The Bertz CT molecular complexity index is 1090. The topological polar surface area (TPSA) is 158 Å². The number of amides is 2. The van der Waals surface area contributed by atoms with E-state index in [4.69, 9.17) is 31.5 Å². The van der Waals surface area contributed by atoms with E-state index in [0.29, 0.717) is 5.56 Å². The summed E-state index contributed by atoms with van der Waals surface area (Å²) in [6, 6.07) is 3.31. The number of carbonyl (C=O) groups is 3. The maximum Gasteiger partial charge on any atom is 0.426 e. The van der Waals surface area contributed by atoms with Crippen molar-refractivity contribution in [3.8, 4) is 17.5 Å². The average molecular weight is 450 g/mol. The normalized spacial score (nSPS) is 10.1. The largest absolute Gasteiger partial charge is 0.494 e. The molecule has 0 saturated heterocycles. The van der Waals surface area contributed by atoms with Crippen LogP contribution in [-0.4, -0.2) is 43.4 Å². The molecule has 0 unspecified atom stereocenters. The van der Waals surface area contributed by atoms with E-state index in [-0.39, 0.29) is 45.6 Å². The second-order valence-electron chi connectivity index (χ2n) is 5.99. The van der Waals surface area contributed by atoms with Gasteiger partial charge in [0.15, 0.2) is 5.69 Å². The second-order valence-corrected chi connectivity index (χ2v) is 6.39. The molecule has 31 heavy (non-hydrogen) atoms. The summed E-state index contributed by atoms with van der Waals surface area (Å²) in [5, 5.41) is 9.55. The number of halogens is 1. The molecule has 0 bridgehead atoms. The Hall–Kier alpha value is -3.91. The molecule has 12 heteroatoms. The van der Waals surface area contributed by atoms with E-state index < -0.39 is 18.0 Å². The molecule has 2 rings (SSSR count). The minimum absolute atomic E-state index is 0.0222. The van der Waals surface area contributed by atoms with E-state index in [2.05, 4.69) is 10.9 Å². The van der Waals surface area contributed by atoms with Gasteiger partial charge in [0.2, 0.25) is 0 Å². The number of aromatic nitrogens is 1. The quantitative estimate of drug-likeness (QED) is 0.462. The summed E-state index contributed by atoms with van der Waals surface area (Å²) < 4.78 is 16.1. The van der Waals surface area contributed by atoms with Gasteiger partial charge in [0.25, 0.3) is 5.91 Å². The van der Waals surface area contributed by atoms with Crippen LogP contribution in [0.4, 0.5) is 10.5 Å². The highest BCUT2D eigenvalue weighted by molar-refractivity contribution is 6.32. The lowest BCUT2D eigenvalue weighted by Gasteiger charge is -2.20. The summed E-state index contributed by atoms with van der Waals surface area (Å²) in [5.74, 6) is -1.53. The lowest BCUT2D eigenvalue weighted by molar-refractivity contribution is 0.0592. The third-order valence-corrected chi connectivity index (χ3v) is 4.64. The highest BCUT2D eigenvalue weighted by atomic mass is 35.5. The van der Waals surface area contributed by atoms with Gasteiger partial charge in [-0.05, 0) is 19.4 Å². The van der Waals surface area contributed by atoms with Gasteiger partial charge in [0.05, 0.1) is 37.6 Å². The minimum Gasteiger partial charge on any atom is -0.494 e. The van der Waals surface area contributed by atoms with Gasteiger partial charge in [-0.1, -0.05) is 11.6 Å². The fourth-order valence-electron chi connectivity index (χ4n) is 2.81. The molecule has 2 amide bonds. The first-order chi connectivity index (χ1) is 14.7. The number of hydrazine groups is 1. The number of rotatable bonds is 5. The van der Waals surface area contributed by atoms with Gasteiger partial charge in [-0.3, -0.25) is 10.2 Å². The first-order valence-corrected chi connectivity index (χ1v) is 9.19. The van der Waals surface area contributed by atoms with Crippen molar-refractivity contribution in [2.75, 3.05) is 26.6 Å². The number of hydrogen-bond acceptors (Lipinski definition) is 8. The Kier molecular flexibility index (Phi) is 7.33. The van der Waals surface area contributed by atoms with Crippen LogP contribution >= 0.6 is 11.6 Å². The van der Waals surface area contributed by atoms with Crippen molar-refractivity contribution in [3.05, 3.63) is 39.7 Å².